The van der Waals surface area contributed by atoms with Crippen molar-refractivity contribution in [1.29, 1.82) is 0 Å². The predicted molar refractivity (Wildman–Crippen MR) is 78.1 cm³/mol. The fraction of sp³-hybridized carbons (Fsp3) is 0.250. The van der Waals surface area contributed by atoms with Crippen molar-refractivity contribution in [3.8, 4) is 22.3 Å². The zero-order valence-corrected chi connectivity index (χ0v) is 12.3. The molecule has 3 heterocycles. The molecule has 0 saturated heterocycles. The lowest BCUT2D eigenvalue weighted by Crippen LogP contribution is -2.06. The number of aromatic amines is 1. The van der Waals surface area contributed by atoms with Crippen LogP contribution in [-0.2, 0) is 11.3 Å². The van der Waals surface area contributed by atoms with Crippen molar-refractivity contribution >= 4 is 23.6 Å². The molecule has 0 aliphatic rings. The Kier molecular flexibility index (Phi) is 3.77. The van der Waals surface area contributed by atoms with Crippen LogP contribution in [0, 0.1) is 4.77 Å². The van der Waals surface area contributed by atoms with E-state index >= 15 is 0 Å². The average Bonchev–Trinajstić information content (AvgIpc) is 3.16. The molecular weight excluding hydrogens is 296 g/mol. The number of hydrogen-bond donors (Lipinski definition) is 1. The molecule has 3 rings (SSSR count). The van der Waals surface area contributed by atoms with Crippen molar-refractivity contribution in [3.05, 3.63) is 28.5 Å². The van der Waals surface area contributed by atoms with E-state index < -0.39 is 0 Å². The monoisotopic (exact) mass is 308 g/mol. The standard InChI is InChI=1S/C12H12N4O2S2/c1-17-6-4-16-10(14-15-12(16)19)8-7-20-11(13-8)9-3-2-5-18-9/h2-3,5,7H,4,6H2,1H3,(H,15,19). The first kappa shape index (κ1) is 13.2. The summed E-state index contributed by atoms with van der Waals surface area (Å²) in [6.07, 6.45) is 1.63. The van der Waals surface area contributed by atoms with Crippen molar-refractivity contribution < 1.29 is 9.15 Å². The first-order valence-electron chi connectivity index (χ1n) is 5.93. The molecule has 3 aromatic heterocycles. The zero-order chi connectivity index (χ0) is 13.9. The number of furan rings is 1. The van der Waals surface area contributed by atoms with Crippen molar-refractivity contribution in [3.63, 3.8) is 0 Å². The molecular formula is C12H12N4O2S2. The highest BCUT2D eigenvalue weighted by molar-refractivity contribution is 7.71. The van der Waals surface area contributed by atoms with Crippen LogP contribution in [0.15, 0.2) is 28.2 Å². The Hall–Kier alpha value is -1.77. The SMILES string of the molecule is COCCn1c(-c2csc(-c3ccco3)n2)n[nH]c1=S. The summed E-state index contributed by atoms with van der Waals surface area (Å²) in [6, 6.07) is 3.72. The van der Waals surface area contributed by atoms with Crippen LogP contribution < -0.4 is 0 Å². The van der Waals surface area contributed by atoms with Gasteiger partial charge in [-0.2, -0.15) is 5.10 Å². The van der Waals surface area contributed by atoms with Gasteiger partial charge in [0.25, 0.3) is 0 Å². The van der Waals surface area contributed by atoms with Gasteiger partial charge in [-0.15, -0.1) is 11.3 Å². The maximum Gasteiger partial charge on any atom is 0.195 e. The summed E-state index contributed by atoms with van der Waals surface area (Å²) in [6.45, 7) is 1.20. The molecule has 20 heavy (non-hydrogen) atoms. The van der Waals surface area contributed by atoms with Crippen LogP contribution in [0.1, 0.15) is 0 Å². The van der Waals surface area contributed by atoms with E-state index in [2.05, 4.69) is 15.2 Å². The number of rotatable bonds is 5. The van der Waals surface area contributed by atoms with Gasteiger partial charge in [0.1, 0.15) is 5.69 Å². The Bertz CT molecular complexity index is 742. The summed E-state index contributed by atoms with van der Waals surface area (Å²) >= 11 is 6.73. The van der Waals surface area contributed by atoms with E-state index in [1.54, 1.807) is 13.4 Å². The van der Waals surface area contributed by atoms with E-state index in [4.69, 9.17) is 21.4 Å². The summed E-state index contributed by atoms with van der Waals surface area (Å²) in [5.74, 6) is 1.46. The Morgan fingerprint density at radius 1 is 1.55 bits per heavy atom. The summed E-state index contributed by atoms with van der Waals surface area (Å²) in [4.78, 5) is 4.54. The largest absolute Gasteiger partial charge is 0.462 e. The second-order valence-corrected chi connectivity index (χ2v) is 5.26. The Labute approximate surface area is 124 Å². The van der Waals surface area contributed by atoms with Crippen LogP contribution in [0.3, 0.4) is 0 Å². The van der Waals surface area contributed by atoms with E-state index in [0.29, 0.717) is 23.7 Å². The lowest BCUT2D eigenvalue weighted by molar-refractivity contribution is 0.187. The molecule has 104 valence electrons. The second kappa shape index (κ2) is 5.70. The molecule has 0 saturated carbocycles. The fourth-order valence-electron chi connectivity index (χ4n) is 1.79. The predicted octanol–water partition coefficient (Wildman–Crippen LogP) is 2.97. The van der Waals surface area contributed by atoms with Crippen molar-refractivity contribution in [2.75, 3.05) is 13.7 Å². The van der Waals surface area contributed by atoms with Crippen LogP contribution >= 0.6 is 23.6 Å². The molecule has 1 N–H and O–H groups in total. The maximum absolute atomic E-state index is 5.34. The third-order valence-electron chi connectivity index (χ3n) is 2.74. The van der Waals surface area contributed by atoms with Crippen molar-refractivity contribution in [1.82, 2.24) is 19.7 Å². The smallest absolute Gasteiger partial charge is 0.195 e. The number of thiazole rings is 1. The highest BCUT2D eigenvalue weighted by atomic mass is 32.1. The van der Waals surface area contributed by atoms with Crippen LogP contribution in [0.2, 0.25) is 0 Å². The molecule has 0 aromatic carbocycles. The number of methoxy groups -OCH3 is 1. The molecule has 0 unspecified atom stereocenters. The minimum atomic E-state index is 0.560. The van der Waals surface area contributed by atoms with Gasteiger partial charge in [-0.1, -0.05) is 0 Å². The normalized spacial score (nSPS) is 11.1. The topological polar surface area (TPSA) is 68.9 Å². The molecule has 0 aliphatic carbocycles. The number of H-pyrrole nitrogens is 1. The molecule has 8 heteroatoms. The Morgan fingerprint density at radius 3 is 3.20 bits per heavy atom. The molecule has 0 radical (unpaired) electrons. The van der Waals surface area contributed by atoms with Gasteiger partial charge in [0.15, 0.2) is 21.4 Å². The summed E-state index contributed by atoms with van der Waals surface area (Å²) in [5, 5.41) is 9.78. The van der Waals surface area contributed by atoms with Gasteiger partial charge in [0, 0.05) is 12.5 Å². The quantitative estimate of drug-likeness (QED) is 0.734. The van der Waals surface area contributed by atoms with Crippen LogP contribution in [-0.4, -0.2) is 33.5 Å². The van der Waals surface area contributed by atoms with Gasteiger partial charge >= 0.3 is 0 Å². The minimum Gasteiger partial charge on any atom is -0.462 e. The first-order valence-corrected chi connectivity index (χ1v) is 7.22. The Balaban J connectivity index is 1.96. The van der Waals surface area contributed by atoms with E-state index in [9.17, 15) is 0 Å². The highest BCUT2D eigenvalue weighted by Crippen LogP contribution is 2.28. The van der Waals surface area contributed by atoms with Gasteiger partial charge in [-0.25, -0.2) is 4.98 Å². The molecule has 0 amide bonds. The van der Waals surface area contributed by atoms with E-state index in [0.717, 1.165) is 16.5 Å². The fourth-order valence-corrected chi connectivity index (χ4v) is 2.78. The third-order valence-corrected chi connectivity index (χ3v) is 3.91. The van der Waals surface area contributed by atoms with Gasteiger partial charge in [0.05, 0.1) is 19.4 Å². The average molecular weight is 308 g/mol. The van der Waals surface area contributed by atoms with Gasteiger partial charge in [0.2, 0.25) is 0 Å². The van der Waals surface area contributed by atoms with Gasteiger partial charge in [-0.05, 0) is 24.4 Å². The number of aromatic nitrogens is 4. The van der Waals surface area contributed by atoms with E-state index in [-0.39, 0.29) is 0 Å². The van der Waals surface area contributed by atoms with Crippen molar-refractivity contribution in [2.24, 2.45) is 0 Å². The van der Waals surface area contributed by atoms with Crippen LogP contribution in [0.25, 0.3) is 22.3 Å². The highest BCUT2D eigenvalue weighted by Gasteiger charge is 2.14. The van der Waals surface area contributed by atoms with Crippen LogP contribution in [0.4, 0.5) is 0 Å². The van der Waals surface area contributed by atoms with E-state index in [1.165, 1.54) is 11.3 Å². The molecule has 3 aromatic rings. The summed E-state index contributed by atoms with van der Waals surface area (Å²) in [5.41, 5.74) is 0.768. The van der Waals surface area contributed by atoms with Gasteiger partial charge < -0.3 is 9.15 Å². The third kappa shape index (κ3) is 2.45. The lowest BCUT2D eigenvalue weighted by Gasteiger charge is -2.03. The Morgan fingerprint density at radius 2 is 2.45 bits per heavy atom. The number of nitrogens with zero attached hydrogens (tertiary/aromatic N) is 3. The summed E-state index contributed by atoms with van der Waals surface area (Å²) < 4.78 is 12.9. The molecule has 0 fully saturated rings. The number of nitrogens with one attached hydrogen (secondary N) is 1. The second-order valence-electron chi connectivity index (χ2n) is 4.01. The number of ether oxygens (including phenoxy) is 1. The minimum absolute atomic E-state index is 0.560. The zero-order valence-electron chi connectivity index (χ0n) is 10.7. The molecule has 0 atom stereocenters. The molecule has 0 bridgehead atoms. The van der Waals surface area contributed by atoms with Gasteiger partial charge in [-0.3, -0.25) is 9.67 Å². The molecule has 6 nitrogen and oxygen atoms in total. The van der Waals surface area contributed by atoms with Crippen LogP contribution in [0.5, 0.6) is 0 Å². The lowest BCUT2D eigenvalue weighted by atomic mass is 10.4. The first-order chi connectivity index (χ1) is 9.79. The maximum atomic E-state index is 5.34. The van der Waals surface area contributed by atoms with Crippen molar-refractivity contribution in [2.45, 2.75) is 6.54 Å². The molecule has 0 aliphatic heterocycles. The summed E-state index contributed by atoms with van der Waals surface area (Å²) in [7, 11) is 1.65. The number of hydrogen-bond acceptors (Lipinski definition) is 6. The van der Waals surface area contributed by atoms with E-state index in [1.807, 2.05) is 22.1 Å². The molecule has 0 spiro atoms.